The molecular formula is C24H20ClN7O4S. The van der Waals surface area contributed by atoms with E-state index in [0.29, 0.717) is 45.9 Å². The van der Waals surface area contributed by atoms with E-state index in [4.69, 9.17) is 16.0 Å². The van der Waals surface area contributed by atoms with Crippen molar-refractivity contribution in [3.8, 4) is 34.5 Å². The lowest BCUT2D eigenvalue weighted by molar-refractivity contribution is 0.450. The van der Waals surface area contributed by atoms with E-state index in [1.165, 1.54) is 24.5 Å². The minimum absolute atomic E-state index is 0.101. The molecule has 37 heavy (non-hydrogen) atoms. The molecule has 11 nitrogen and oxygen atoms in total. The zero-order valence-electron chi connectivity index (χ0n) is 19.6. The van der Waals surface area contributed by atoms with E-state index < -0.39 is 9.84 Å². The van der Waals surface area contributed by atoms with Crippen LogP contribution < -0.4 is 0 Å². The van der Waals surface area contributed by atoms with Crippen LogP contribution in [0.15, 0.2) is 70.2 Å². The molecule has 0 aliphatic carbocycles. The van der Waals surface area contributed by atoms with Crippen molar-refractivity contribution in [3.05, 3.63) is 77.7 Å². The van der Waals surface area contributed by atoms with Crippen LogP contribution in [0.3, 0.4) is 0 Å². The van der Waals surface area contributed by atoms with Crippen LogP contribution in [-0.4, -0.2) is 54.7 Å². The van der Waals surface area contributed by atoms with Crippen LogP contribution in [0.25, 0.3) is 28.7 Å². The van der Waals surface area contributed by atoms with Crippen LogP contribution in [0.2, 0.25) is 5.02 Å². The van der Waals surface area contributed by atoms with Gasteiger partial charge < -0.3 is 9.52 Å². The van der Waals surface area contributed by atoms with Crippen molar-refractivity contribution in [3.63, 3.8) is 0 Å². The zero-order chi connectivity index (χ0) is 26.2. The van der Waals surface area contributed by atoms with Crippen molar-refractivity contribution in [2.24, 2.45) is 0 Å². The Bertz CT molecular complexity index is 1680. The number of pyridine rings is 2. The highest BCUT2D eigenvalue weighted by molar-refractivity contribution is 7.90. The second kappa shape index (κ2) is 9.71. The van der Waals surface area contributed by atoms with E-state index in [2.05, 4.69) is 30.4 Å². The van der Waals surface area contributed by atoms with E-state index in [9.17, 15) is 13.5 Å². The fourth-order valence-corrected chi connectivity index (χ4v) is 4.48. The summed E-state index contributed by atoms with van der Waals surface area (Å²) in [5.74, 6) is 1.18. The Morgan fingerprint density at radius 2 is 1.86 bits per heavy atom. The molecule has 4 aromatic heterocycles. The predicted molar refractivity (Wildman–Crippen MR) is 134 cm³/mol. The molecule has 0 radical (unpaired) electrons. The highest BCUT2D eigenvalue weighted by Crippen LogP contribution is 2.30. The van der Waals surface area contributed by atoms with Gasteiger partial charge in [-0.15, -0.1) is 20.4 Å². The SMILES string of the molecule is CC(Cc1nnc(-c2ccc(S(C)(=O)=O)cn2)n1-c1ccccc1Cl)c1nnc(-c2ccnc(O)c2)o1. The molecule has 1 N–H and O–H groups in total. The van der Waals surface area contributed by atoms with Gasteiger partial charge in [0.05, 0.1) is 15.6 Å². The lowest BCUT2D eigenvalue weighted by atomic mass is 10.1. The Labute approximate surface area is 216 Å². The normalized spacial score (nSPS) is 12.5. The van der Waals surface area contributed by atoms with Crippen LogP contribution in [0.4, 0.5) is 0 Å². The summed E-state index contributed by atoms with van der Waals surface area (Å²) in [5.41, 5.74) is 1.61. The number of para-hydroxylation sites is 1. The third-order valence-electron chi connectivity index (χ3n) is 5.56. The second-order valence-corrected chi connectivity index (χ2v) is 10.8. The Kier molecular flexibility index (Phi) is 6.44. The van der Waals surface area contributed by atoms with Gasteiger partial charge in [-0.05, 0) is 30.3 Å². The first-order valence-corrected chi connectivity index (χ1v) is 13.3. The Balaban J connectivity index is 1.51. The van der Waals surface area contributed by atoms with E-state index in [1.54, 1.807) is 22.8 Å². The van der Waals surface area contributed by atoms with Crippen molar-refractivity contribution in [2.45, 2.75) is 24.2 Å². The van der Waals surface area contributed by atoms with Gasteiger partial charge in [-0.25, -0.2) is 13.4 Å². The third-order valence-corrected chi connectivity index (χ3v) is 6.98. The minimum Gasteiger partial charge on any atom is -0.493 e. The molecule has 0 aliphatic heterocycles. The Morgan fingerprint density at radius 1 is 1.05 bits per heavy atom. The van der Waals surface area contributed by atoms with Gasteiger partial charge >= 0.3 is 0 Å². The van der Waals surface area contributed by atoms with Gasteiger partial charge in [0, 0.05) is 42.6 Å². The van der Waals surface area contributed by atoms with E-state index in [1.807, 2.05) is 25.1 Å². The lowest BCUT2D eigenvalue weighted by Gasteiger charge is -2.13. The molecule has 0 spiro atoms. The monoisotopic (exact) mass is 537 g/mol. The maximum Gasteiger partial charge on any atom is 0.248 e. The zero-order valence-corrected chi connectivity index (χ0v) is 21.2. The van der Waals surface area contributed by atoms with E-state index in [0.717, 1.165) is 6.26 Å². The van der Waals surface area contributed by atoms with Gasteiger partial charge in [-0.2, -0.15) is 0 Å². The van der Waals surface area contributed by atoms with Gasteiger partial charge in [0.25, 0.3) is 0 Å². The summed E-state index contributed by atoms with van der Waals surface area (Å²) in [7, 11) is -3.40. The first-order valence-electron chi connectivity index (χ1n) is 11.0. The Morgan fingerprint density at radius 3 is 2.57 bits per heavy atom. The standard InChI is InChI=1S/C24H20ClN7O4S/c1-14(23-30-31-24(36-23)15-9-10-26-21(33)12-15)11-20-28-29-22(32(20)19-6-4-3-5-17(19)25)18-8-7-16(13-27-18)37(2,34)35/h3-10,12-14H,11H2,1-2H3,(H,26,33). The quantitative estimate of drug-likeness (QED) is 0.324. The number of sulfone groups is 1. The third kappa shape index (κ3) is 5.06. The van der Waals surface area contributed by atoms with Crippen molar-refractivity contribution in [1.82, 2.24) is 34.9 Å². The topological polar surface area (TPSA) is 150 Å². The number of hydrogen-bond acceptors (Lipinski definition) is 10. The van der Waals surface area contributed by atoms with E-state index >= 15 is 0 Å². The van der Waals surface area contributed by atoms with Crippen LogP contribution in [-0.2, 0) is 16.3 Å². The molecule has 188 valence electrons. The van der Waals surface area contributed by atoms with Crippen molar-refractivity contribution in [1.29, 1.82) is 0 Å². The highest BCUT2D eigenvalue weighted by Gasteiger charge is 2.23. The summed E-state index contributed by atoms with van der Waals surface area (Å²) in [5, 5.41) is 27.1. The molecule has 0 aliphatic rings. The fraction of sp³-hybridized carbons (Fsp3) is 0.167. The number of hydrogen-bond donors (Lipinski definition) is 1. The number of rotatable bonds is 7. The molecule has 0 bridgehead atoms. The average Bonchev–Trinajstić information content (AvgIpc) is 3.52. The molecule has 1 unspecified atom stereocenters. The largest absolute Gasteiger partial charge is 0.493 e. The second-order valence-electron chi connectivity index (χ2n) is 8.33. The summed E-state index contributed by atoms with van der Waals surface area (Å²) in [6.45, 7) is 1.91. The molecule has 1 atom stereocenters. The molecule has 5 aromatic rings. The Hall–Kier alpha value is -4.16. The van der Waals surface area contributed by atoms with Crippen molar-refractivity contribution in [2.75, 3.05) is 6.26 Å². The molecule has 4 heterocycles. The molecule has 0 amide bonds. The molecule has 0 saturated heterocycles. The first-order chi connectivity index (χ1) is 17.7. The summed E-state index contributed by atoms with van der Waals surface area (Å²) < 4.78 is 31.3. The van der Waals surface area contributed by atoms with Gasteiger partial charge in [-0.1, -0.05) is 30.7 Å². The van der Waals surface area contributed by atoms with Crippen LogP contribution >= 0.6 is 11.6 Å². The van der Waals surface area contributed by atoms with Crippen molar-refractivity contribution < 1.29 is 17.9 Å². The summed E-state index contributed by atoms with van der Waals surface area (Å²) >= 11 is 6.53. The summed E-state index contributed by atoms with van der Waals surface area (Å²) in [4.78, 5) is 8.17. The van der Waals surface area contributed by atoms with Crippen LogP contribution in [0.1, 0.15) is 24.6 Å². The number of aromatic hydroxyl groups is 1. The number of benzene rings is 1. The highest BCUT2D eigenvalue weighted by atomic mass is 35.5. The van der Waals surface area contributed by atoms with E-state index in [-0.39, 0.29) is 22.6 Å². The maximum atomic E-state index is 11.9. The minimum atomic E-state index is -3.40. The molecular weight excluding hydrogens is 518 g/mol. The number of aromatic nitrogens is 7. The number of halogens is 1. The molecule has 1 aromatic carbocycles. The molecule has 13 heteroatoms. The van der Waals surface area contributed by atoms with Gasteiger partial charge in [-0.3, -0.25) is 9.55 Å². The molecule has 5 rings (SSSR count). The van der Waals surface area contributed by atoms with Gasteiger partial charge in [0.2, 0.25) is 17.7 Å². The lowest BCUT2D eigenvalue weighted by Crippen LogP contribution is -2.09. The van der Waals surface area contributed by atoms with Crippen LogP contribution in [0, 0.1) is 0 Å². The summed E-state index contributed by atoms with van der Waals surface area (Å²) in [6, 6.07) is 13.4. The van der Waals surface area contributed by atoms with Gasteiger partial charge in [0.15, 0.2) is 15.7 Å². The molecule has 0 fully saturated rings. The predicted octanol–water partition coefficient (Wildman–Crippen LogP) is 3.88. The first kappa shape index (κ1) is 24.5. The smallest absolute Gasteiger partial charge is 0.248 e. The fourth-order valence-electron chi connectivity index (χ4n) is 3.70. The van der Waals surface area contributed by atoms with Gasteiger partial charge in [0.1, 0.15) is 11.5 Å². The molecule has 0 saturated carbocycles. The van der Waals surface area contributed by atoms with Crippen LogP contribution in [0.5, 0.6) is 5.88 Å². The van der Waals surface area contributed by atoms with Crippen molar-refractivity contribution >= 4 is 21.4 Å². The maximum absolute atomic E-state index is 11.9. The average molecular weight is 538 g/mol. The number of nitrogens with zero attached hydrogens (tertiary/aromatic N) is 7. The summed E-state index contributed by atoms with van der Waals surface area (Å²) in [6.07, 6.45) is 4.22.